The van der Waals surface area contributed by atoms with Crippen LogP contribution in [0.25, 0.3) is 11.2 Å². The Morgan fingerprint density at radius 2 is 1.94 bits per heavy atom. The van der Waals surface area contributed by atoms with Crippen molar-refractivity contribution in [2.24, 2.45) is 0 Å². The second kappa shape index (κ2) is 7.04. The molecule has 32 heavy (non-hydrogen) atoms. The van der Waals surface area contributed by atoms with Crippen LogP contribution in [-0.4, -0.2) is 36.6 Å². The fraction of sp³-hybridized carbons (Fsp3) is 0.450. The SMILES string of the molecule is Cc1cc(Nc2ncnc3nc(CC(F)(F)F)[nH]c23)c(=O)n2c1C(=O)NC21CCCCC1. The number of aromatic nitrogens is 5. The van der Waals surface area contributed by atoms with Crippen molar-refractivity contribution in [3.05, 3.63) is 39.8 Å². The third-order valence-corrected chi connectivity index (χ3v) is 6.02. The van der Waals surface area contributed by atoms with E-state index in [1.807, 2.05) is 0 Å². The summed E-state index contributed by atoms with van der Waals surface area (Å²) in [4.78, 5) is 40.6. The Bertz CT molecular complexity index is 1290. The van der Waals surface area contributed by atoms with Gasteiger partial charge in [-0.2, -0.15) is 13.2 Å². The highest BCUT2D eigenvalue weighted by atomic mass is 19.4. The molecule has 0 atom stereocenters. The molecule has 0 bridgehead atoms. The summed E-state index contributed by atoms with van der Waals surface area (Å²) in [7, 11) is 0. The number of imidazole rings is 1. The molecule has 12 heteroatoms. The predicted molar refractivity (Wildman–Crippen MR) is 109 cm³/mol. The second-order valence-corrected chi connectivity index (χ2v) is 8.30. The minimum atomic E-state index is -4.43. The van der Waals surface area contributed by atoms with Gasteiger partial charge >= 0.3 is 6.18 Å². The van der Waals surface area contributed by atoms with Gasteiger partial charge in [0, 0.05) is 0 Å². The normalized spacial score (nSPS) is 17.6. The van der Waals surface area contributed by atoms with Crippen LogP contribution in [-0.2, 0) is 12.1 Å². The van der Waals surface area contributed by atoms with Crippen LogP contribution in [0.1, 0.15) is 54.0 Å². The number of halogens is 3. The first-order valence-corrected chi connectivity index (χ1v) is 10.3. The summed E-state index contributed by atoms with van der Waals surface area (Å²) in [5.74, 6) is -0.445. The summed E-state index contributed by atoms with van der Waals surface area (Å²) < 4.78 is 39.8. The Kier molecular flexibility index (Phi) is 4.50. The third kappa shape index (κ3) is 3.30. The Morgan fingerprint density at radius 3 is 2.66 bits per heavy atom. The van der Waals surface area contributed by atoms with E-state index in [-0.39, 0.29) is 34.4 Å². The Balaban J connectivity index is 1.58. The number of hydrogen-bond donors (Lipinski definition) is 3. The minimum Gasteiger partial charge on any atom is -0.337 e. The van der Waals surface area contributed by atoms with Gasteiger partial charge in [0.05, 0.1) is 0 Å². The lowest BCUT2D eigenvalue weighted by atomic mass is 9.89. The first kappa shape index (κ1) is 20.5. The fourth-order valence-electron chi connectivity index (χ4n) is 4.71. The average Bonchev–Trinajstić information content (AvgIpc) is 3.24. The average molecular weight is 447 g/mol. The molecule has 0 aromatic carbocycles. The molecule has 0 radical (unpaired) electrons. The molecule has 168 valence electrons. The van der Waals surface area contributed by atoms with Crippen molar-refractivity contribution in [1.29, 1.82) is 0 Å². The van der Waals surface area contributed by atoms with E-state index in [4.69, 9.17) is 0 Å². The zero-order chi connectivity index (χ0) is 22.7. The van der Waals surface area contributed by atoms with Gasteiger partial charge in [-0.3, -0.25) is 14.2 Å². The highest BCUT2D eigenvalue weighted by Gasteiger charge is 2.45. The molecule has 1 fully saturated rings. The lowest BCUT2D eigenvalue weighted by Crippen LogP contribution is -2.48. The van der Waals surface area contributed by atoms with Crippen LogP contribution in [0.5, 0.6) is 0 Å². The van der Waals surface area contributed by atoms with Gasteiger partial charge in [0.25, 0.3) is 11.5 Å². The molecule has 3 aromatic rings. The van der Waals surface area contributed by atoms with Crippen molar-refractivity contribution in [2.45, 2.75) is 57.3 Å². The molecule has 3 aromatic heterocycles. The lowest BCUT2D eigenvalue weighted by Gasteiger charge is -2.35. The molecule has 1 aliphatic heterocycles. The van der Waals surface area contributed by atoms with E-state index in [9.17, 15) is 22.8 Å². The second-order valence-electron chi connectivity index (χ2n) is 8.30. The summed E-state index contributed by atoms with van der Waals surface area (Å²) in [5, 5.41) is 5.93. The van der Waals surface area contributed by atoms with E-state index in [1.165, 1.54) is 4.57 Å². The quantitative estimate of drug-likeness (QED) is 0.568. The number of fused-ring (bicyclic) bond motifs is 3. The summed E-state index contributed by atoms with van der Waals surface area (Å²) in [6.45, 7) is 1.74. The Labute approximate surface area is 179 Å². The molecule has 3 N–H and O–H groups in total. The molecule has 1 amide bonds. The van der Waals surface area contributed by atoms with E-state index in [0.717, 1.165) is 25.6 Å². The highest BCUT2D eigenvalue weighted by molar-refractivity contribution is 5.97. The first-order chi connectivity index (χ1) is 15.2. The number of carbonyl (C=O) groups is 1. The number of nitrogens with zero attached hydrogens (tertiary/aromatic N) is 4. The summed E-state index contributed by atoms with van der Waals surface area (Å²) in [6.07, 6.45) is -0.358. The lowest BCUT2D eigenvalue weighted by molar-refractivity contribution is -0.128. The van der Waals surface area contributed by atoms with Gasteiger partial charge in [-0.1, -0.05) is 6.42 Å². The standard InChI is InChI=1S/C20H20F3N7O2/c1-10-7-11(18(32)30-14(10)17(31)29-19(30)5-3-2-4-6-19)26-15-13-16(25-9-24-15)28-12(27-13)8-20(21,22)23/h7,9H,2-6,8H2,1H3,(H,29,31)(H2,24,25,26,27,28). The van der Waals surface area contributed by atoms with E-state index in [0.29, 0.717) is 24.1 Å². The summed E-state index contributed by atoms with van der Waals surface area (Å²) in [5.41, 5.74) is 0.187. The highest BCUT2D eigenvalue weighted by Crippen LogP contribution is 2.37. The van der Waals surface area contributed by atoms with Crippen LogP contribution in [0.2, 0.25) is 0 Å². The van der Waals surface area contributed by atoms with Gasteiger partial charge in [-0.15, -0.1) is 0 Å². The number of H-pyrrole nitrogens is 1. The number of aryl methyl sites for hydroxylation is 1. The van der Waals surface area contributed by atoms with Crippen molar-refractivity contribution in [1.82, 2.24) is 29.8 Å². The van der Waals surface area contributed by atoms with E-state index in [2.05, 4.69) is 30.6 Å². The van der Waals surface area contributed by atoms with Crippen molar-refractivity contribution >= 4 is 28.6 Å². The predicted octanol–water partition coefficient (Wildman–Crippen LogP) is 3.03. The van der Waals surface area contributed by atoms with Gasteiger partial charge in [0.2, 0.25) is 0 Å². The fourth-order valence-corrected chi connectivity index (χ4v) is 4.71. The largest absolute Gasteiger partial charge is 0.396 e. The molecule has 1 saturated carbocycles. The van der Waals surface area contributed by atoms with Gasteiger partial charge in [0.15, 0.2) is 11.5 Å². The minimum absolute atomic E-state index is 0.0559. The number of anilines is 2. The number of amides is 1. The van der Waals surface area contributed by atoms with Gasteiger partial charge in [0.1, 0.15) is 41.1 Å². The number of carbonyl (C=O) groups excluding carboxylic acids is 1. The molecule has 0 saturated heterocycles. The van der Waals surface area contributed by atoms with E-state index < -0.39 is 23.8 Å². The molecule has 5 rings (SSSR count). The third-order valence-electron chi connectivity index (χ3n) is 6.02. The maximum absolute atomic E-state index is 13.5. The van der Waals surface area contributed by atoms with Crippen LogP contribution < -0.4 is 16.2 Å². The zero-order valence-corrected chi connectivity index (χ0v) is 17.1. The molecule has 4 heterocycles. The number of rotatable bonds is 3. The molecule has 9 nitrogen and oxygen atoms in total. The van der Waals surface area contributed by atoms with Crippen molar-refractivity contribution in [2.75, 3.05) is 5.32 Å². The van der Waals surface area contributed by atoms with Crippen molar-refractivity contribution in [3.63, 3.8) is 0 Å². The maximum atomic E-state index is 13.5. The number of pyridine rings is 1. The number of hydrogen-bond acceptors (Lipinski definition) is 6. The number of nitrogens with one attached hydrogen (secondary N) is 3. The van der Waals surface area contributed by atoms with Gasteiger partial charge in [-0.25, -0.2) is 15.0 Å². The number of aromatic amines is 1. The van der Waals surface area contributed by atoms with E-state index in [1.54, 1.807) is 13.0 Å². The first-order valence-electron chi connectivity index (χ1n) is 10.3. The monoisotopic (exact) mass is 447 g/mol. The summed E-state index contributed by atoms with van der Waals surface area (Å²) in [6, 6.07) is 1.55. The van der Waals surface area contributed by atoms with Crippen molar-refractivity contribution < 1.29 is 18.0 Å². The summed E-state index contributed by atoms with van der Waals surface area (Å²) >= 11 is 0. The molecular weight excluding hydrogens is 427 g/mol. The number of alkyl halides is 3. The van der Waals surface area contributed by atoms with Crippen molar-refractivity contribution in [3.8, 4) is 0 Å². The smallest absolute Gasteiger partial charge is 0.337 e. The van der Waals surface area contributed by atoms with Crippen LogP contribution in [0.15, 0.2) is 17.2 Å². The van der Waals surface area contributed by atoms with Crippen LogP contribution in [0, 0.1) is 6.92 Å². The molecular formula is C20H20F3N7O2. The molecule has 2 aliphatic rings. The topological polar surface area (TPSA) is 118 Å². The molecule has 1 aliphatic carbocycles. The van der Waals surface area contributed by atoms with Crippen LogP contribution in [0.3, 0.4) is 0 Å². The molecule has 0 unspecified atom stereocenters. The van der Waals surface area contributed by atoms with Crippen LogP contribution in [0.4, 0.5) is 24.7 Å². The maximum Gasteiger partial charge on any atom is 0.396 e. The zero-order valence-electron chi connectivity index (χ0n) is 17.1. The molecule has 1 spiro atoms. The van der Waals surface area contributed by atoms with Gasteiger partial charge < -0.3 is 15.6 Å². The van der Waals surface area contributed by atoms with Gasteiger partial charge in [-0.05, 0) is 44.2 Å². The Morgan fingerprint density at radius 1 is 1.19 bits per heavy atom. The van der Waals surface area contributed by atoms with E-state index >= 15 is 0 Å². The Hall–Kier alpha value is -3.44. The van der Waals surface area contributed by atoms with Crippen LogP contribution >= 0.6 is 0 Å².